The van der Waals surface area contributed by atoms with E-state index >= 15 is 0 Å². The summed E-state index contributed by atoms with van der Waals surface area (Å²) >= 11 is 0. The first-order chi connectivity index (χ1) is 21.2. The van der Waals surface area contributed by atoms with Gasteiger partial charge in [-0.25, -0.2) is 14.6 Å². The Bertz CT molecular complexity index is 1570. The minimum atomic E-state index is -1.12. The normalized spacial score (nSPS) is 10.8. The number of rotatable bonds is 11. The average molecular weight is 591 g/mol. The van der Waals surface area contributed by atoms with Gasteiger partial charge < -0.3 is 19.9 Å². The van der Waals surface area contributed by atoms with E-state index < -0.39 is 23.4 Å². The van der Waals surface area contributed by atoms with Gasteiger partial charge in [0.25, 0.3) is 0 Å². The summed E-state index contributed by atoms with van der Waals surface area (Å²) in [6.07, 6.45) is 6.42. The number of unbranched alkanes of at least 4 members (excludes halogenated alkanes) is 1. The summed E-state index contributed by atoms with van der Waals surface area (Å²) in [6, 6.07) is 35.5. The molecule has 0 aliphatic carbocycles. The van der Waals surface area contributed by atoms with Crippen LogP contribution in [0.2, 0.25) is 0 Å². The number of imidazole rings is 1. The molecular formula is C36H34N2O6. The van der Waals surface area contributed by atoms with E-state index in [1.165, 1.54) is 12.1 Å². The molecule has 0 bridgehead atoms. The van der Waals surface area contributed by atoms with E-state index in [0.717, 1.165) is 41.3 Å². The molecule has 1 heterocycles. The van der Waals surface area contributed by atoms with Gasteiger partial charge in [-0.2, -0.15) is 0 Å². The van der Waals surface area contributed by atoms with E-state index in [1.807, 2.05) is 24.5 Å². The van der Waals surface area contributed by atoms with Crippen LogP contribution in [0.5, 0.6) is 0 Å². The Labute approximate surface area is 255 Å². The van der Waals surface area contributed by atoms with Crippen molar-refractivity contribution in [2.24, 2.45) is 0 Å². The van der Waals surface area contributed by atoms with Gasteiger partial charge in [-0.1, -0.05) is 91.0 Å². The molecule has 5 aromatic rings. The van der Waals surface area contributed by atoms with E-state index in [9.17, 15) is 14.4 Å². The molecule has 0 spiro atoms. The molecule has 0 fully saturated rings. The Morgan fingerprint density at radius 2 is 1.14 bits per heavy atom. The van der Waals surface area contributed by atoms with Crippen LogP contribution in [0.4, 0.5) is 0 Å². The Morgan fingerprint density at radius 3 is 1.55 bits per heavy atom. The van der Waals surface area contributed by atoms with Crippen LogP contribution in [-0.2, 0) is 16.8 Å². The first-order valence-electron chi connectivity index (χ1n) is 14.2. The minimum absolute atomic E-state index is 0.00241. The zero-order chi connectivity index (χ0) is 31.5. The molecule has 0 radical (unpaired) electrons. The molecular weight excluding hydrogens is 556 g/mol. The number of carboxylic acid groups (broad SMARTS) is 3. The zero-order valence-electron chi connectivity index (χ0n) is 24.3. The van der Waals surface area contributed by atoms with Crippen molar-refractivity contribution in [1.29, 1.82) is 0 Å². The minimum Gasteiger partial charge on any atom is -0.481 e. The summed E-state index contributed by atoms with van der Waals surface area (Å²) in [5.74, 6) is -2.99. The Kier molecular flexibility index (Phi) is 10.4. The van der Waals surface area contributed by atoms with Gasteiger partial charge in [0.15, 0.2) is 0 Å². The lowest BCUT2D eigenvalue weighted by molar-refractivity contribution is -0.137. The third-order valence-corrected chi connectivity index (χ3v) is 7.24. The summed E-state index contributed by atoms with van der Waals surface area (Å²) in [5, 5.41) is 26.1. The molecule has 0 aliphatic heterocycles. The lowest BCUT2D eigenvalue weighted by Crippen LogP contribution is -2.36. The topological polar surface area (TPSA) is 130 Å². The monoisotopic (exact) mass is 590 g/mol. The van der Waals surface area contributed by atoms with Crippen LogP contribution in [0.3, 0.4) is 0 Å². The second kappa shape index (κ2) is 14.6. The van der Waals surface area contributed by atoms with Gasteiger partial charge in [0, 0.05) is 12.6 Å². The lowest BCUT2D eigenvalue weighted by Gasteiger charge is -2.37. The standard InChI is InChI=1S/C27H26N2O2.C9H8O4/c30-26(31)19-11-10-18-25-20-29(21-28-25)27(22-12-4-1-5-13-22,23-14-6-2-7-15-23)24-16-8-3-9-17-24;1-5-2-6(8(10)11)4-7(3-5)9(12)13/h1-9,12-17,20-21H,10-11,18-19H2,(H,30,31);2-4H,1H3,(H,10,11)(H,12,13). The second-order valence-corrected chi connectivity index (χ2v) is 10.4. The van der Waals surface area contributed by atoms with Crippen molar-refractivity contribution in [2.45, 2.75) is 38.1 Å². The molecule has 44 heavy (non-hydrogen) atoms. The third kappa shape index (κ3) is 7.46. The number of aromatic carboxylic acids is 2. The van der Waals surface area contributed by atoms with Gasteiger partial charge in [0.05, 0.1) is 23.1 Å². The predicted molar refractivity (Wildman–Crippen MR) is 167 cm³/mol. The van der Waals surface area contributed by atoms with E-state index in [4.69, 9.17) is 20.3 Å². The quantitative estimate of drug-likeness (QED) is 0.113. The van der Waals surface area contributed by atoms with Crippen molar-refractivity contribution in [1.82, 2.24) is 9.55 Å². The van der Waals surface area contributed by atoms with Crippen LogP contribution >= 0.6 is 0 Å². The average Bonchev–Trinajstić information content (AvgIpc) is 3.50. The maximum Gasteiger partial charge on any atom is 0.335 e. The van der Waals surface area contributed by atoms with Crippen LogP contribution < -0.4 is 0 Å². The number of aryl methyl sites for hydroxylation is 2. The largest absolute Gasteiger partial charge is 0.481 e. The Morgan fingerprint density at radius 1 is 0.682 bits per heavy atom. The Hall–Kier alpha value is -5.50. The fourth-order valence-electron chi connectivity index (χ4n) is 5.27. The summed E-state index contributed by atoms with van der Waals surface area (Å²) in [5.41, 5.74) is 4.49. The molecule has 0 aliphatic rings. The number of aromatic nitrogens is 2. The van der Waals surface area contributed by atoms with Crippen LogP contribution in [0.15, 0.2) is 122 Å². The van der Waals surface area contributed by atoms with Gasteiger partial charge in [-0.05, 0) is 66.6 Å². The highest BCUT2D eigenvalue weighted by atomic mass is 16.4. The van der Waals surface area contributed by atoms with Crippen LogP contribution in [0.25, 0.3) is 0 Å². The second-order valence-electron chi connectivity index (χ2n) is 10.4. The van der Waals surface area contributed by atoms with Crippen molar-refractivity contribution < 1.29 is 29.7 Å². The van der Waals surface area contributed by atoms with Gasteiger partial charge >= 0.3 is 17.9 Å². The molecule has 3 N–H and O–H groups in total. The number of carbonyl (C=O) groups is 3. The van der Waals surface area contributed by atoms with E-state index in [2.05, 4.69) is 83.6 Å². The summed E-state index contributed by atoms with van der Waals surface area (Å²) < 4.78 is 2.19. The van der Waals surface area contributed by atoms with Crippen molar-refractivity contribution in [2.75, 3.05) is 0 Å². The highest BCUT2D eigenvalue weighted by Crippen LogP contribution is 2.40. The van der Waals surface area contributed by atoms with E-state index in [-0.39, 0.29) is 17.5 Å². The maximum atomic E-state index is 10.8. The molecule has 0 atom stereocenters. The number of carboxylic acids is 3. The number of aliphatic carboxylic acids is 1. The molecule has 8 heteroatoms. The molecule has 0 unspecified atom stereocenters. The fraction of sp³-hybridized carbons (Fsp3) is 0.167. The van der Waals surface area contributed by atoms with Crippen molar-refractivity contribution >= 4 is 17.9 Å². The zero-order valence-corrected chi connectivity index (χ0v) is 24.3. The van der Waals surface area contributed by atoms with Crippen molar-refractivity contribution in [3.05, 3.63) is 161 Å². The highest BCUT2D eigenvalue weighted by Gasteiger charge is 2.38. The Balaban J connectivity index is 0.000000285. The summed E-state index contributed by atoms with van der Waals surface area (Å²) in [4.78, 5) is 36.6. The van der Waals surface area contributed by atoms with Gasteiger partial charge in [-0.3, -0.25) is 4.79 Å². The number of hydrogen-bond acceptors (Lipinski definition) is 4. The third-order valence-electron chi connectivity index (χ3n) is 7.24. The van der Waals surface area contributed by atoms with Crippen LogP contribution in [-0.4, -0.2) is 42.8 Å². The number of nitrogens with zero attached hydrogens (tertiary/aromatic N) is 2. The smallest absolute Gasteiger partial charge is 0.335 e. The van der Waals surface area contributed by atoms with Crippen molar-refractivity contribution in [3.63, 3.8) is 0 Å². The number of benzene rings is 4. The first-order valence-corrected chi connectivity index (χ1v) is 14.2. The molecule has 8 nitrogen and oxygen atoms in total. The molecule has 1 aromatic heterocycles. The molecule has 0 saturated carbocycles. The molecule has 4 aromatic carbocycles. The van der Waals surface area contributed by atoms with Gasteiger partial charge in [-0.15, -0.1) is 0 Å². The highest BCUT2D eigenvalue weighted by molar-refractivity contribution is 5.94. The number of hydrogen-bond donors (Lipinski definition) is 3. The van der Waals surface area contributed by atoms with Crippen LogP contribution in [0, 0.1) is 6.92 Å². The molecule has 5 rings (SSSR count). The predicted octanol–water partition coefficient (Wildman–Crippen LogP) is 6.91. The lowest BCUT2D eigenvalue weighted by atomic mass is 9.77. The van der Waals surface area contributed by atoms with E-state index in [0.29, 0.717) is 12.0 Å². The van der Waals surface area contributed by atoms with E-state index in [1.54, 1.807) is 6.92 Å². The summed E-state index contributed by atoms with van der Waals surface area (Å²) in [7, 11) is 0. The SMILES string of the molecule is Cc1cc(C(=O)O)cc(C(=O)O)c1.O=C(O)CCCCc1cn(C(c2ccccc2)(c2ccccc2)c2ccccc2)cn1. The van der Waals surface area contributed by atoms with Gasteiger partial charge in [0.2, 0.25) is 0 Å². The van der Waals surface area contributed by atoms with Crippen molar-refractivity contribution in [3.8, 4) is 0 Å². The molecule has 224 valence electrons. The van der Waals surface area contributed by atoms with Crippen LogP contribution in [0.1, 0.15) is 67.9 Å². The first kappa shape index (κ1) is 31.4. The molecule has 0 amide bonds. The maximum absolute atomic E-state index is 10.8. The molecule has 0 saturated heterocycles. The fourth-order valence-corrected chi connectivity index (χ4v) is 5.27. The van der Waals surface area contributed by atoms with Gasteiger partial charge in [0.1, 0.15) is 5.54 Å². The summed E-state index contributed by atoms with van der Waals surface area (Å²) in [6.45, 7) is 1.65.